The minimum Gasteiger partial charge on any atom is -0.397 e. The van der Waals surface area contributed by atoms with Crippen LogP contribution in [-0.4, -0.2) is 12.6 Å². The maximum absolute atomic E-state index is 13.6. The Kier molecular flexibility index (Phi) is 3.56. The molecule has 0 unspecified atom stereocenters. The van der Waals surface area contributed by atoms with E-state index in [1.165, 1.54) is 12.8 Å². The van der Waals surface area contributed by atoms with Crippen LogP contribution < -0.4 is 10.6 Å². The molecular weight excluding hydrogens is 318 g/mol. The molecule has 1 fully saturated rings. The van der Waals surface area contributed by atoms with Crippen LogP contribution in [0.5, 0.6) is 0 Å². The van der Waals surface area contributed by atoms with E-state index in [4.69, 9.17) is 5.73 Å². The average molecular weight is 334 g/mol. The van der Waals surface area contributed by atoms with Crippen molar-refractivity contribution in [3.05, 3.63) is 21.5 Å². The first kappa shape index (κ1) is 12.0. The van der Waals surface area contributed by atoms with Crippen LogP contribution in [0.15, 0.2) is 12.1 Å². The van der Waals surface area contributed by atoms with Gasteiger partial charge in [0.05, 0.1) is 14.9 Å². The van der Waals surface area contributed by atoms with E-state index in [9.17, 15) is 4.39 Å². The number of nitrogens with two attached hydrogens (primary N) is 1. The summed E-state index contributed by atoms with van der Waals surface area (Å²) in [7, 11) is 0. The number of halogens is 2. The summed E-state index contributed by atoms with van der Waals surface area (Å²) in [5.74, 6) is -0.174. The summed E-state index contributed by atoms with van der Waals surface area (Å²) in [4.78, 5) is 2.24. The third-order valence-electron chi connectivity index (χ3n) is 2.83. The van der Waals surface area contributed by atoms with Gasteiger partial charge >= 0.3 is 0 Å². The van der Waals surface area contributed by atoms with Crippen LogP contribution in [-0.2, 0) is 0 Å². The molecule has 0 aliphatic heterocycles. The van der Waals surface area contributed by atoms with Crippen molar-refractivity contribution in [3.63, 3.8) is 0 Å². The summed E-state index contributed by atoms with van der Waals surface area (Å²) in [6.07, 6.45) is 3.46. The van der Waals surface area contributed by atoms with Gasteiger partial charge in [0, 0.05) is 18.7 Å². The lowest BCUT2D eigenvalue weighted by atomic mass is 10.2. The molecule has 0 atom stereocenters. The minimum atomic E-state index is -0.174. The zero-order chi connectivity index (χ0) is 11.7. The number of anilines is 2. The second-order valence-corrected chi connectivity index (χ2v) is 5.41. The van der Waals surface area contributed by atoms with Crippen LogP contribution in [0.3, 0.4) is 0 Å². The molecule has 4 heteroatoms. The fourth-order valence-corrected chi connectivity index (χ4v) is 2.42. The maximum atomic E-state index is 13.6. The van der Waals surface area contributed by atoms with Gasteiger partial charge in [-0.25, -0.2) is 4.39 Å². The molecule has 2 N–H and O–H groups in total. The Morgan fingerprint density at radius 1 is 1.50 bits per heavy atom. The number of hydrogen-bond donors (Lipinski definition) is 1. The van der Waals surface area contributed by atoms with Gasteiger partial charge in [0.25, 0.3) is 0 Å². The highest BCUT2D eigenvalue weighted by molar-refractivity contribution is 14.1. The predicted molar refractivity (Wildman–Crippen MR) is 74.2 cm³/mol. The summed E-state index contributed by atoms with van der Waals surface area (Å²) in [6.45, 7) is 3.09. The van der Waals surface area contributed by atoms with Gasteiger partial charge in [0.15, 0.2) is 0 Å². The monoisotopic (exact) mass is 334 g/mol. The highest BCUT2D eigenvalue weighted by Crippen LogP contribution is 2.36. The molecule has 2 rings (SSSR count). The molecule has 1 aromatic carbocycles. The topological polar surface area (TPSA) is 29.3 Å². The van der Waals surface area contributed by atoms with E-state index in [1.807, 2.05) is 22.6 Å². The van der Waals surface area contributed by atoms with Gasteiger partial charge in [0.1, 0.15) is 5.82 Å². The average Bonchev–Trinajstić information content (AvgIpc) is 3.04. The fourth-order valence-electron chi connectivity index (χ4n) is 1.93. The summed E-state index contributed by atoms with van der Waals surface area (Å²) in [5, 5.41) is 0. The molecule has 0 amide bonds. The van der Waals surface area contributed by atoms with Crippen LogP contribution in [0, 0.1) is 9.39 Å². The van der Waals surface area contributed by atoms with Gasteiger partial charge in [-0.2, -0.15) is 0 Å². The van der Waals surface area contributed by atoms with Crippen molar-refractivity contribution < 1.29 is 4.39 Å². The highest BCUT2D eigenvalue weighted by atomic mass is 127. The van der Waals surface area contributed by atoms with Gasteiger partial charge in [-0.3, -0.25) is 0 Å². The fraction of sp³-hybridized carbons (Fsp3) is 0.500. The predicted octanol–water partition coefficient (Wildman–Crippen LogP) is 3.39. The molecule has 1 aromatic rings. The first-order valence-corrected chi connectivity index (χ1v) is 6.72. The quantitative estimate of drug-likeness (QED) is 0.676. The van der Waals surface area contributed by atoms with E-state index in [0.717, 1.165) is 18.7 Å². The van der Waals surface area contributed by atoms with Crippen molar-refractivity contribution >= 4 is 34.0 Å². The van der Waals surface area contributed by atoms with E-state index in [2.05, 4.69) is 11.8 Å². The highest BCUT2D eigenvalue weighted by Gasteiger charge is 2.30. The Bertz CT molecular complexity index is 391. The zero-order valence-electron chi connectivity index (χ0n) is 9.34. The summed E-state index contributed by atoms with van der Waals surface area (Å²) in [6, 6.07) is 3.86. The van der Waals surface area contributed by atoms with Crippen molar-refractivity contribution in [2.24, 2.45) is 0 Å². The van der Waals surface area contributed by atoms with Crippen molar-refractivity contribution in [2.45, 2.75) is 32.2 Å². The summed E-state index contributed by atoms with van der Waals surface area (Å²) >= 11 is 1.97. The van der Waals surface area contributed by atoms with Gasteiger partial charge in [0.2, 0.25) is 0 Å². The number of rotatable bonds is 4. The Hall–Kier alpha value is -0.520. The lowest BCUT2D eigenvalue weighted by molar-refractivity contribution is 0.618. The molecule has 0 bridgehead atoms. The molecule has 0 radical (unpaired) electrons. The van der Waals surface area contributed by atoms with Gasteiger partial charge in [-0.15, -0.1) is 0 Å². The number of nitrogen functional groups attached to an aromatic ring is 1. The standard InChI is InChI=1S/C12H16FIN2/c1-2-5-16(8-3-4-8)12-6-9(13)10(14)7-11(12)15/h6-8H,2-5,15H2,1H3. The Balaban J connectivity index is 2.32. The van der Waals surface area contributed by atoms with Gasteiger partial charge < -0.3 is 10.6 Å². The largest absolute Gasteiger partial charge is 0.397 e. The lowest BCUT2D eigenvalue weighted by Gasteiger charge is -2.25. The first-order chi connectivity index (χ1) is 7.63. The SMILES string of the molecule is CCCN(c1cc(F)c(I)cc1N)C1CC1. The molecule has 1 saturated carbocycles. The smallest absolute Gasteiger partial charge is 0.138 e. The van der Waals surface area contributed by atoms with Crippen LogP contribution >= 0.6 is 22.6 Å². The lowest BCUT2D eigenvalue weighted by Crippen LogP contribution is -2.27. The van der Waals surface area contributed by atoms with Gasteiger partial charge in [-0.05, 0) is 47.9 Å². The van der Waals surface area contributed by atoms with E-state index in [1.54, 1.807) is 12.1 Å². The first-order valence-electron chi connectivity index (χ1n) is 5.64. The molecule has 0 spiro atoms. The molecule has 16 heavy (non-hydrogen) atoms. The molecule has 2 nitrogen and oxygen atoms in total. The number of hydrogen-bond acceptors (Lipinski definition) is 2. The van der Waals surface area contributed by atoms with Crippen molar-refractivity contribution in [1.29, 1.82) is 0 Å². The number of benzene rings is 1. The zero-order valence-corrected chi connectivity index (χ0v) is 11.5. The van der Waals surface area contributed by atoms with E-state index in [0.29, 0.717) is 15.3 Å². The third-order valence-corrected chi connectivity index (χ3v) is 3.66. The normalized spacial score (nSPS) is 15.2. The van der Waals surface area contributed by atoms with Gasteiger partial charge in [-0.1, -0.05) is 6.92 Å². The Morgan fingerprint density at radius 2 is 2.19 bits per heavy atom. The number of nitrogens with zero attached hydrogens (tertiary/aromatic N) is 1. The molecule has 0 aromatic heterocycles. The van der Waals surface area contributed by atoms with Crippen molar-refractivity contribution in [3.8, 4) is 0 Å². The summed E-state index contributed by atoms with van der Waals surface area (Å²) in [5.41, 5.74) is 7.52. The Morgan fingerprint density at radius 3 is 2.75 bits per heavy atom. The van der Waals surface area contributed by atoms with Crippen LogP contribution in [0.25, 0.3) is 0 Å². The third kappa shape index (κ3) is 2.42. The molecular formula is C12H16FIN2. The van der Waals surface area contributed by atoms with Crippen molar-refractivity contribution in [1.82, 2.24) is 0 Å². The molecule has 0 heterocycles. The van der Waals surface area contributed by atoms with E-state index < -0.39 is 0 Å². The molecule has 88 valence electrons. The van der Waals surface area contributed by atoms with E-state index in [-0.39, 0.29) is 5.82 Å². The second kappa shape index (κ2) is 4.77. The second-order valence-electron chi connectivity index (χ2n) is 4.25. The molecule has 0 saturated heterocycles. The van der Waals surface area contributed by atoms with Crippen molar-refractivity contribution in [2.75, 3.05) is 17.2 Å². The minimum absolute atomic E-state index is 0.174. The Labute approximate surface area is 109 Å². The maximum Gasteiger partial charge on any atom is 0.138 e. The van der Waals surface area contributed by atoms with E-state index >= 15 is 0 Å². The molecule has 1 aliphatic rings. The summed E-state index contributed by atoms with van der Waals surface area (Å²) < 4.78 is 14.1. The van der Waals surface area contributed by atoms with Crippen LogP contribution in [0.2, 0.25) is 0 Å². The van der Waals surface area contributed by atoms with Crippen LogP contribution in [0.1, 0.15) is 26.2 Å². The molecule has 1 aliphatic carbocycles. The van der Waals surface area contributed by atoms with Crippen LogP contribution in [0.4, 0.5) is 15.8 Å².